The van der Waals surface area contributed by atoms with Gasteiger partial charge in [0.2, 0.25) is 0 Å². The van der Waals surface area contributed by atoms with Gasteiger partial charge in [0.25, 0.3) is 5.69 Å². The molecule has 0 radical (unpaired) electrons. The van der Waals surface area contributed by atoms with E-state index in [0.29, 0.717) is 11.1 Å². The Morgan fingerprint density at radius 1 is 1.21 bits per heavy atom. The third-order valence-corrected chi connectivity index (χ3v) is 3.22. The quantitative estimate of drug-likeness (QED) is 0.340. The lowest BCUT2D eigenvalue weighted by atomic mass is 10.1. The number of halogens is 2. The third-order valence-electron chi connectivity index (χ3n) is 3.22. The summed E-state index contributed by atoms with van der Waals surface area (Å²) in [5.41, 5.74) is 1.14. The van der Waals surface area contributed by atoms with Crippen LogP contribution in [0.1, 0.15) is 21.5 Å². The molecule has 2 aromatic rings. The molecule has 0 unspecified atom stereocenters. The topological polar surface area (TPSA) is 69.4 Å². The minimum Gasteiger partial charge on any atom is -0.435 e. The molecule has 0 heterocycles. The van der Waals surface area contributed by atoms with E-state index in [1.54, 1.807) is 6.92 Å². The van der Waals surface area contributed by atoms with Gasteiger partial charge in [-0.3, -0.25) is 14.9 Å². The molecule has 5 nitrogen and oxygen atoms in total. The summed E-state index contributed by atoms with van der Waals surface area (Å²) >= 11 is 0. The van der Waals surface area contributed by atoms with Crippen molar-refractivity contribution in [2.45, 2.75) is 13.5 Å². The lowest BCUT2D eigenvalue weighted by Crippen LogP contribution is -2.01. The summed E-state index contributed by atoms with van der Waals surface area (Å²) in [5.74, 6) is -0.381. The highest BCUT2D eigenvalue weighted by Gasteiger charge is 2.13. The Hall–Kier alpha value is -3.09. The summed E-state index contributed by atoms with van der Waals surface area (Å²) in [5, 5.41) is 10.9. The van der Waals surface area contributed by atoms with Crippen LogP contribution in [0.25, 0.3) is 6.08 Å². The molecule has 0 bridgehead atoms. The van der Waals surface area contributed by atoms with Crippen LogP contribution in [0.4, 0.5) is 14.5 Å². The highest BCUT2D eigenvalue weighted by atomic mass is 19.3. The van der Waals surface area contributed by atoms with Crippen LogP contribution < -0.4 is 4.74 Å². The van der Waals surface area contributed by atoms with Gasteiger partial charge in [-0.05, 0) is 30.7 Å². The second-order valence-corrected chi connectivity index (χ2v) is 4.90. The van der Waals surface area contributed by atoms with Crippen LogP contribution in [0.3, 0.4) is 0 Å². The molecule has 2 aromatic carbocycles. The van der Waals surface area contributed by atoms with E-state index in [1.807, 2.05) is 0 Å². The highest BCUT2D eigenvalue weighted by molar-refractivity contribution is 6.07. The molecule has 24 heavy (non-hydrogen) atoms. The van der Waals surface area contributed by atoms with Crippen LogP contribution in [0.5, 0.6) is 5.75 Å². The van der Waals surface area contributed by atoms with E-state index >= 15 is 0 Å². The number of aryl methyl sites for hydroxylation is 1. The molecule has 0 N–H and O–H groups in total. The molecule has 2 rings (SSSR count). The number of ketones is 1. The lowest BCUT2D eigenvalue weighted by molar-refractivity contribution is -0.385. The van der Waals surface area contributed by atoms with Gasteiger partial charge in [-0.15, -0.1) is 0 Å². The van der Waals surface area contributed by atoms with Gasteiger partial charge in [-0.2, -0.15) is 8.78 Å². The Balaban J connectivity index is 2.13. The fourth-order valence-electron chi connectivity index (χ4n) is 1.99. The molecule has 0 spiro atoms. The van der Waals surface area contributed by atoms with Gasteiger partial charge in [-0.1, -0.05) is 30.3 Å². The van der Waals surface area contributed by atoms with Crippen LogP contribution in [-0.4, -0.2) is 17.3 Å². The first-order chi connectivity index (χ1) is 11.4. The number of rotatable bonds is 6. The SMILES string of the molecule is Cc1ccc(C(=O)C=Cc2ccc(OC(F)F)cc2)cc1[N+](=O)[O-]. The minimum absolute atomic E-state index is 0.0163. The minimum atomic E-state index is -2.90. The number of nitrogens with zero attached hydrogens (tertiary/aromatic N) is 1. The van der Waals surface area contributed by atoms with Crippen molar-refractivity contribution < 1.29 is 23.2 Å². The predicted molar refractivity (Wildman–Crippen MR) is 84.3 cm³/mol. The van der Waals surface area contributed by atoms with Crippen LogP contribution >= 0.6 is 0 Å². The zero-order chi connectivity index (χ0) is 17.7. The van der Waals surface area contributed by atoms with Gasteiger partial charge >= 0.3 is 6.61 Å². The number of carbonyl (C=O) groups excluding carboxylic acids is 1. The van der Waals surface area contributed by atoms with Crippen molar-refractivity contribution in [3.8, 4) is 5.75 Å². The number of hydrogen-bond acceptors (Lipinski definition) is 4. The molecular formula is C17H13F2NO4. The maximum Gasteiger partial charge on any atom is 0.387 e. The molecule has 0 aliphatic heterocycles. The van der Waals surface area contributed by atoms with Crippen molar-refractivity contribution in [3.05, 3.63) is 75.3 Å². The van der Waals surface area contributed by atoms with E-state index < -0.39 is 17.3 Å². The molecule has 0 amide bonds. The number of ether oxygens (including phenoxy) is 1. The Bertz CT molecular complexity index is 786. The first-order valence-electron chi connectivity index (χ1n) is 6.89. The Morgan fingerprint density at radius 3 is 2.46 bits per heavy atom. The highest BCUT2D eigenvalue weighted by Crippen LogP contribution is 2.20. The molecule has 0 saturated heterocycles. The molecule has 124 valence electrons. The summed E-state index contributed by atoms with van der Waals surface area (Å²) in [7, 11) is 0. The van der Waals surface area contributed by atoms with Gasteiger partial charge in [0.15, 0.2) is 5.78 Å². The second-order valence-electron chi connectivity index (χ2n) is 4.90. The zero-order valence-corrected chi connectivity index (χ0v) is 12.6. The summed E-state index contributed by atoms with van der Waals surface area (Å²) in [6.07, 6.45) is 2.75. The van der Waals surface area contributed by atoms with Crippen LogP contribution in [0.15, 0.2) is 48.5 Å². The van der Waals surface area contributed by atoms with E-state index in [-0.39, 0.29) is 17.0 Å². The number of hydrogen-bond donors (Lipinski definition) is 0. The fraction of sp³-hybridized carbons (Fsp3) is 0.118. The van der Waals surface area contributed by atoms with E-state index in [4.69, 9.17) is 0 Å². The normalized spacial score (nSPS) is 11.0. The molecule has 7 heteroatoms. The van der Waals surface area contributed by atoms with Crippen molar-refractivity contribution in [2.24, 2.45) is 0 Å². The Labute approximate surface area is 136 Å². The van der Waals surface area contributed by atoms with Crippen molar-refractivity contribution in [1.82, 2.24) is 0 Å². The monoisotopic (exact) mass is 333 g/mol. The van der Waals surface area contributed by atoms with Gasteiger partial charge in [0.1, 0.15) is 5.75 Å². The average Bonchev–Trinajstić information content (AvgIpc) is 2.53. The lowest BCUT2D eigenvalue weighted by Gasteiger charge is -2.03. The predicted octanol–water partition coefficient (Wildman–Crippen LogP) is 4.40. The number of carbonyl (C=O) groups is 1. The van der Waals surface area contributed by atoms with E-state index in [9.17, 15) is 23.7 Å². The second kappa shape index (κ2) is 7.45. The molecule has 0 aromatic heterocycles. The van der Waals surface area contributed by atoms with Crippen molar-refractivity contribution >= 4 is 17.5 Å². The zero-order valence-electron chi connectivity index (χ0n) is 12.6. The number of nitro benzene ring substituents is 1. The molecular weight excluding hydrogens is 320 g/mol. The van der Waals surface area contributed by atoms with E-state index in [2.05, 4.69) is 4.74 Å². The van der Waals surface area contributed by atoms with Crippen molar-refractivity contribution in [1.29, 1.82) is 0 Å². The van der Waals surface area contributed by atoms with Gasteiger partial charge in [0.05, 0.1) is 4.92 Å². The molecule has 0 atom stereocenters. The van der Waals surface area contributed by atoms with Crippen LogP contribution in [-0.2, 0) is 0 Å². The summed E-state index contributed by atoms with van der Waals surface area (Å²) < 4.78 is 28.3. The fourth-order valence-corrected chi connectivity index (χ4v) is 1.99. The number of alkyl halides is 2. The largest absolute Gasteiger partial charge is 0.435 e. The van der Waals surface area contributed by atoms with E-state index in [1.165, 1.54) is 54.6 Å². The Morgan fingerprint density at radius 2 is 1.88 bits per heavy atom. The number of allylic oxidation sites excluding steroid dienone is 1. The maximum absolute atomic E-state index is 12.1. The van der Waals surface area contributed by atoms with Gasteiger partial charge < -0.3 is 4.74 Å². The molecule has 0 saturated carbocycles. The summed E-state index contributed by atoms with van der Waals surface area (Å²) in [6, 6.07) is 9.98. The van der Waals surface area contributed by atoms with Crippen molar-refractivity contribution in [2.75, 3.05) is 0 Å². The van der Waals surface area contributed by atoms with Gasteiger partial charge in [0, 0.05) is 17.2 Å². The standard InChI is InChI=1S/C17H13F2NO4/c1-11-2-6-13(10-15(11)20(22)23)16(21)9-5-12-3-7-14(8-4-12)24-17(18)19/h2-10,17H,1H3. The average molecular weight is 333 g/mol. The number of benzene rings is 2. The number of nitro groups is 1. The first kappa shape index (κ1) is 17.3. The Kier molecular flexibility index (Phi) is 5.36. The first-order valence-corrected chi connectivity index (χ1v) is 6.89. The molecule has 0 aliphatic rings. The van der Waals surface area contributed by atoms with Crippen LogP contribution in [0.2, 0.25) is 0 Å². The van der Waals surface area contributed by atoms with Gasteiger partial charge in [-0.25, -0.2) is 0 Å². The van der Waals surface area contributed by atoms with E-state index in [0.717, 1.165) is 0 Å². The van der Waals surface area contributed by atoms with Crippen molar-refractivity contribution in [3.63, 3.8) is 0 Å². The molecule has 0 aliphatic carbocycles. The van der Waals surface area contributed by atoms with Crippen LogP contribution in [0, 0.1) is 17.0 Å². The maximum atomic E-state index is 12.1. The summed E-state index contributed by atoms with van der Waals surface area (Å²) in [4.78, 5) is 22.4. The smallest absolute Gasteiger partial charge is 0.387 e. The molecule has 0 fully saturated rings. The summed E-state index contributed by atoms with van der Waals surface area (Å²) in [6.45, 7) is -1.31. The third kappa shape index (κ3) is 4.45.